The fourth-order valence-electron chi connectivity index (χ4n) is 6.73. The lowest BCUT2D eigenvalue weighted by atomic mass is 9.80. The number of aromatic nitrogens is 2. The van der Waals surface area contributed by atoms with Crippen molar-refractivity contribution in [2.45, 2.75) is 17.4 Å². The third-order valence-corrected chi connectivity index (χ3v) is 10.5. The predicted molar refractivity (Wildman–Crippen MR) is 174 cm³/mol. The van der Waals surface area contributed by atoms with Gasteiger partial charge in [-0.05, 0) is 61.5 Å². The van der Waals surface area contributed by atoms with Gasteiger partial charge in [-0.3, -0.25) is 19.7 Å². The third kappa shape index (κ3) is 4.78. The van der Waals surface area contributed by atoms with E-state index in [1.54, 1.807) is 49.6 Å². The van der Waals surface area contributed by atoms with Crippen LogP contribution in [-0.4, -0.2) is 62.0 Å². The van der Waals surface area contributed by atoms with Crippen LogP contribution in [0.25, 0.3) is 10.9 Å². The number of anilines is 2. The van der Waals surface area contributed by atoms with Gasteiger partial charge in [0, 0.05) is 73.0 Å². The van der Waals surface area contributed by atoms with Crippen LogP contribution >= 0.6 is 0 Å². The lowest BCUT2D eigenvalue weighted by Crippen LogP contribution is -2.60. The molecule has 1 atom stereocenters. The van der Waals surface area contributed by atoms with E-state index in [0.29, 0.717) is 37.1 Å². The Hall–Kier alpha value is -5.38. The molecular formula is C35H29FN6O4S. The van der Waals surface area contributed by atoms with Crippen molar-refractivity contribution in [3.05, 3.63) is 120 Å². The monoisotopic (exact) mass is 648 g/mol. The number of para-hydroxylation sites is 1. The molecule has 0 spiro atoms. The Morgan fingerprint density at radius 1 is 0.936 bits per heavy atom. The molecule has 1 saturated heterocycles. The third-order valence-electron chi connectivity index (χ3n) is 8.76. The molecule has 3 aromatic carbocycles. The minimum Gasteiger partial charge on any atom is -0.493 e. The van der Waals surface area contributed by atoms with E-state index in [9.17, 15) is 18.1 Å². The van der Waals surface area contributed by atoms with E-state index in [2.05, 4.69) is 20.9 Å². The summed E-state index contributed by atoms with van der Waals surface area (Å²) in [7, 11) is -4.57. The summed E-state index contributed by atoms with van der Waals surface area (Å²) in [4.78, 5) is 27.8. The van der Waals surface area contributed by atoms with Gasteiger partial charge in [0.15, 0.2) is 5.54 Å². The second kappa shape index (κ2) is 11.8. The zero-order chi connectivity index (χ0) is 32.8. The number of hydrogen-bond donors (Lipinski definition) is 0. The van der Waals surface area contributed by atoms with E-state index >= 15 is 4.79 Å². The average Bonchev–Trinajstić information content (AvgIpc) is 3.37. The molecule has 2 aliphatic rings. The highest BCUT2D eigenvalue weighted by atomic mass is 32.2. The van der Waals surface area contributed by atoms with Crippen LogP contribution in [0, 0.1) is 17.1 Å². The molecule has 2 aliphatic heterocycles. The maximum absolute atomic E-state index is 15.4. The molecule has 12 heteroatoms. The van der Waals surface area contributed by atoms with Crippen LogP contribution in [0.4, 0.5) is 15.8 Å². The number of halogens is 1. The topological polar surface area (TPSA) is 120 Å². The van der Waals surface area contributed by atoms with Gasteiger partial charge < -0.3 is 9.64 Å². The molecule has 4 heterocycles. The largest absolute Gasteiger partial charge is 0.493 e. The predicted octanol–water partition coefficient (Wildman–Crippen LogP) is 4.84. The molecule has 0 saturated carbocycles. The van der Waals surface area contributed by atoms with Crippen LogP contribution in [0.2, 0.25) is 0 Å². The van der Waals surface area contributed by atoms with E-state index in [4.69, 9.17) is 4.74 Å². The molecule has 10 nitrogen and oxygen atoms in total. The maximum atomic E-state index is 15.4. The summed E-state index contributed by atoms with van der Waals surface area (Å²) >= 11 is 0. The molecule has 0 radical (unpaired) electrons. The number of carbonyl (C=O) groups excluding carboxylic acids is 1. The van der Waals surface area contributed by atoms with E-state index in [-0.39, 0.29) is 39.6 Å². The molecule has 1 fully saturated rings. The van der Waals surface area contributed by atoms with E-state index in [1.165, 1.54) is 42.6 Å². The van der Waals surface area contributed by atoms with Crippen LogP contribution < -0.4 is 13.9 Å². The SMILES string of the molecule is CCOc1cc(F)ccc1C1(N2CCN(c3ccncc3)CC2)C(=O)N(S(=O)(=O)c2cccc3cccnc23)c2ccc(C#N)cc21. The molecule has 1 amide bonds. The van der Waals surface area contributed by atoms with Crippen molar-refractivity contribution in [1.29, 1.82) is 5.26 Å². The van der Waals surface area contributed by atoms with Crippen molar-refractivity contribution in [2.75, 3.05) is 42.0 Å². The lowest BCUT2D eigenvalue weighted by molar-refractivity contribution is -0.127. The van der Waals surface area contributed by atoms with Crippen LogP contribution in [0.15, 0.2) is 102 Å². The number of amides is 1. The van der Waals surface area contributed by atoms with Crippen LogP contribution in [0.1, 0.15) is 23.6 Å². The van der Waals surface area contributed by atoms with Crippen molar-refractivity contribution in [3.8, 4) is 11.8 Å². The molecule has 0 N–H and O–H groups in total. The standard InChI is InChI=1S/C35H29FN6O4S/c1-2-46-31-22-26(36)9-10-28(31)35(41-19-17-40(18-20-41)27-12-15-38-16-13-27)29-21-24(23-37)8-11-30(29)42(34(35)43)47(44,45)32-7-3-5-25-6-4-14-39-33(25)32/h3-16,21-22H,2,17-20H2,1H3. The molecule has 2 aromatic heterocycles. The Morgan fingerprint density at radius 3 is 2.45 bits per heavy atom. The normalized spacial score (nSPS) is 18.3. The lowest BCUT2D eigenvalue weighted by Gasteiger charge is -2.46. The van der Waals surface area contributed by atoms with Crippen LogP contribution in [-0.2, 0) is 20.4 Å². The van der Waals surface area contributed by atoms with Crippen molar-refractivity contribution in [3.63, 3.8) is 0 Å². The summed E-state index contributed by atoms with van der Waals surface area (Å²) in [6, 6.07) is 22.6. The Balaban J connectivity index is 1.47. The van der Waals surface area contributed by atoms with Crippen molar-refractivity contribution < 1.29 is 22.3 Å². The quantitative estimate of drug-likeness (QED) is 0.244. The fraction of sp³-hybridized carbons (Fsp3) is 0.200. The molecule has 1 unspecified atom stereocenters. The second-order valence-electron chi connectivity index (χ2n) is 11.2. The molecule has 0 bridgehead atoms. The zero-order valence-corrected chi connectivity index (χ0v) is 26.2. The maximum Gasteiger partial charge on any atom is 0.273 e. The van der Waals surface area contributed by atoms with Gasteiger partial charge in [0.2, 0.25) is 0 Å². The van der Waals surface area contributed by atoms with E-state index < -0.39 is 27.3 Å². The van der Waals surface area contributed by atoms with E-state index in [1.807, 2.05) is 17.0 Å². The molecule has 236 valence electrons. The Kier molecular flexibility index (Phi) is 7.58. The Morgan fingerprint density at radius 2 is 1.70 bits per heavy atom. The number of nitriles is 1. The number of piperazine rings is 1. The zero-order valence-electron chi connectivity index (χ0n) is 25.4. The van der Waals surface area contributed by atoms with Crippen molar-refractivity contribution >= 4 is 38.2 Å². The number of fused-ring (bicyclic) bond motifs is 2. The fourth-order valence-corrected chi connectivity index (χ4v) is 8.36. The minimum atomic E-state index is -4.57. The number of pyridine rings is 2. The molecule has 7 rings (SSSR count). The average molecular weight is 649 g/mol. The van der Waals surface area contributed by atoms with E-state index in [0.717, 1.165) is 9.99 Å². The minimum absolute atomic E-state index is 0.102. The van der Waals surface area contributed by atoms with Gasteiger partial charge in [-0.25, -0.2) is 17.1 Å². The van der Waals surface area contributed by atoms with Gasteiger partial charge in [0.05, 0.1) is 29.4 Å². The van der Waals surface area contributed by atoms with Gasteiger partial charge in [0.1, 0.15) is 16.5 Å². The van der Waals surface area contributed by atoms with Gasteiger partial charge in [0.25, 0.3) is 15.9 Å². The first kappa shape index (κ1) is 30.3. The van der Waals surface area contributed by atoms with Gasteiger partial charge >= 0.3 is 0 Å². The number of nitrogens with zero attached hydrogens (tertiary/aromatic N) is 6. The summed E-state index contributed by atoms with van der Waals surface area (Å²) in [6.45, 7) is 3.57. The summed E-state index contributed by atoms with van der Waals surface area (Å²) in [5, 5.41) is 10.6. The smallest absolute Gasteiger partial charge is 0.273 e. The highest BCUT2D eigenvalue weighted by Gasteiger charge is 2.61. The summed E-state index contributed by atoms with van der Waals surface area (Å²) in [5.74, 6) is -1.24. The second-order valence-corrected chi connectivity index (χ2v) is 13.0. The molecule has 47 heavy (non-hydrogen) atoms. The highest BCUT2D eigenvalue weighted by molar-refractivity contribution is 7.93. The summed E-state index contributed by atoms with van der Waals surface area (Å²) in [6.07, 6.45) is 4.92. The molecular weight excluding hydrogens is 619 g/mol. The van der Waals surface area contributed by atoms with Crippen molar-refractivity contribution in [2.24, 2.45) is 0 Å². The molecule has 0 aliphatic carbocycles. The first-order valence-electron chi connectivity index (χ1n) is 15.1. The first-order chi connectivity index (χ1) is 22.8. The van der Waals surface area contributed by atoms with Crippen molar-refractivity contribution in [1.82, 2.24) is 14.9 Å². The summed E-state index contributed by atoms with van der Waals surface area (Å²) < 4.78 is 51.0. The van der Waals surface area contributed by atoms with Crippen LogP contribution in [0.5, 0.6) is 5.75 Å². The van der Waals surface area contributed by atoms with Gasteiger partial charge in [-0.1, -0.05) is 18.2 Å². The summed E-state index contributed by atoms with van der Waals surface area (Å²) in [5.41, 5.74) is 0.320. The Bertz CT molecular complexity index is 2160. The van der Waals surface area contributed by atoms with Gasteiger partial charge in [-0.15, -0.1) is 0 Å². The Labute approximate surface area is 271 Å². The number of benzene rings is 3. The molecule has 5 aromatic rings. The first-order valence-corrected chi connectivity index (χ1v) is 16.6. The number of sulfonamides is 1. The van der Waals surface area contributed by atoms with Gasteiger partial charge in [-0.2, -0.15) is 5.26 Å². The highest BCUT2D eigenvalue weighted by Crippen LogP contribution is 2.53. The number of hydrogen-bond acceptors (Lipinski definition) is 9. The number of rotatable bonds is 7. The van der Waals surface area contributed by atoms with Crippen LogP contribution in [0.3, 0.4) is 0 Å². The number of ether oxygens (including phenoxy) is 1. The number of carbonyl (C=O) groups is 1.